The van der Waals surface area contributed by atoms with Crippen molar-refractivity contribution < 1.29 is 9.53 Å². The van der Waals surface area contributed by atoms with Crippen LogP contribution in [-0.2, 0) is 9.53 Å². The Morgan fingerprint density at radius 1 is 2.00 bits per heavy atom. The molecule has 0 aromatic heterocycles. The van der Waals surface area contributed by atoms with Crippen molar-refractivity contribution in [1.82, 2.24) is 0 Å². The normalized spacial score (nSPS) is 7.14. The predicted molar refractivity (Wildman–Crippen MR) is 25.0 cm³/mol. The van der Waals surface area contributed by atoms with Crippen LogP contribution in [0.2, 0.25) is 0 Å². The quantitative estimate of drug-likeness (QED) is 0.294. The van der Waals surface area contributed by atoms with Crippen molar-refractivity contribution in [2.45, 2.75) is 6.92 Å². The zero-order chi connectivity index (χ0) is 5.70. The molecule has 0 aliphatic rings. The van der Waals surface area contributed by atoms with Gasteiger partial charge in [0.05, 0.1) is 0 Å². The van der Waals surface area contributed by atoms with Gasteiger partial charge in [-0.05, 0) is 0 Å². The highest BCUT2D eigenvalue weighted by atomic mass is 16.5. The van der Waals surface area contributed by atoms with E-state index in [2.05, 4.69) is 4.74 Å². The fraction of sp³-hybridized carbons (Fsp3) is 0.500. The number of hydrogen-bond donors (Lipinski definition) is 1. The van der Waals surface area contributed by atoms with Crippen molar-refractivity contribution in [3.63, 3.8) is 0 Å². The van der Waals surface area contributed by atoms with Crippen LogP contribution in [0, 0.1) is 0 Å². The van der Waals surface area contributed by atoms with Gasteiger partial charge in [-0.25, -0.2) is 4.79 Å². The fourth-order valence-corrected chi connectivity index (χ4v) is 0.154. The van der Waals surface area contributed by atoms with Crippen LogP contribution < -0.4 is 5.73 Å². The van der Waals surface area contributed by atoms with Crippen LogP contribution in [0.4, 0.5) is 0 Å². The standard InChI is InChI=1S/C4H7NO2/c1-4(2-6)7-3-5/h3,5H2,1H3. The predicted octanol–water partition coefficient (Wildman–Crippen LogP) is -0.345. The zero-order valence-electron chi connectivity index (χ0n) is 4.10. The second-order valence-corrected chi connectivity index (χ2v) is 0.969. The Bertz CT molecular complexity index is 93.9. The Morgan fingerprint density at radius 3 is 2.71 bits per heavy atom. The highest BCUT2D eigenvalue weighted by molar-refractivity contribution is 5.48. The highest BCUT2D eigenvalue weighted by Gasteiger charge is 1.80. The summed E-state index contributed by atoms with van der Waals surface area (Å²) in [5.74, 6) is 1.73. The van der Waals surface area contributed by atoms with Gasteiger partial charge in [-0.1, -0.05) is 0 Å². The molecule has 40 valence electrons. The summed E-state index contributed by atoms with van der Waals surface area (Å²) in [6.45, 7) is 1.54. The monoisotopic (exact) mass is 101 g/mol. The van der Waals surface area contributed by atoms with Gasteiger partial charge < -0.3 is 4.74 Å². The topological polar surface area (TPSA) is 52.3 Å². The van der Waals surface area contributed by atoms with Gasteiger partial charge in [0.2, 0.25) is 0 Å². The van der Waals surface area contributed by atoms with E-state index in [1.54, 1.807) is 0 Å². The summed E-state index contributed by atoms with van der Waals surface area (Å²) in [5, 5.41) is 0. The Morgan fingerprint density at radius 2 is 2.57 bits per heavy atom. The third kappa shape index (κ3) is 3.03. The smallest absolute Gasteiger partial charge is 0.178 e. The van der Waals surface area contributed by atoms with Gasteiger partial charge in [0.15, 0.2) is 11.7 Å². The largest absolute Gasteiger partial charge is 0.472 e. The molecule has 0 aromatic carbocycles. The van der Waals surface area contributed by atoms with E-state index in [0.29, 0.717) is 0 Å². The molecule has 7 heavy (non-hydrogen) atoms. The minimum atomic E-state index is 0.0427. The molecule has 0 saturated carbocycles. The van der Waals surface area contributed by atoms with Crippen LogP contribution >= 0.6 is 0 Å². The third-order valence-corrected chi connectivity index (χ3v) is 0.444. The summed E-state index contributed by atoms with van der Waals surface area (Å²) >= 11 is 0. The van der Waals surface area contributed by atoms with Gasteiger partial charge >= 0.3 is 0 Å². The molecule has 0 spiro atoms. The lowest BCUT2D eigenvalue weighted by molar-refractivity contribution is 0.226. The van der Waals surface area contributed by atoms with Crippen molar-refractivity contribution in [3.8, 4) is 0 Å². The van der Waals surface area contributed by atoms with Gasteiger partial charge in [0, 0.05) is 6.92 Å². The van der Waals surface area contributed by atoms with Crippen LogP contribution in [0.25, 0.3) is 0 Å². The SMILES string of the molecule is CC(=C=O)OCN. The molecule has 0 aliphatic carbocycles. The molecule has 0 bridgehead atoms. The number of hydrogen-bond acceptors (Lipinski definition) is 3. The van der Waals surface area contributed by atoms with Crippen molar-refractivity contribution in [2.24, 2.45) is 5.73 Å². The highest BCUT2D eigenvalue weighted by Crippen LogP contribution is 1.81. The molecule has 0 atom stereocenters. The van der Waals surface area contributed by atoms with Crippen LogP contribution in [-0.4, -0.2) is 12.7 Å². The molecule has 0 rings (SSSR count). The first-order valence-electron chi connectivity index (χ1n) is 1.86. The number of allylic oxidation sites excluding steroid dienone is 1. The molecule has 3 heteroatoms. The van der Waals surface area contributed by atoms with Crippen LogP contribution in [0.5, 0.6) is 0 Å². The molecular weight excluding hydrogens is 94.0 g/mol. The van der Waals surface area contributed by atoms with Gasteiger partial charge in [-0.3, -0.25) is 5.73 Å². The molecule has 0 heterocycles. The lowest BCUT2D eigenvalue weighted by Gasteiger charge is -1.93. The lowest BCUT2D eigenvalue weighted by Crippen LogP contribution is -2.02. The Kier molecular flexibility index (Phi) is 3.02. The summed E-state index contributed by atoms with van der Waals surface area (Å²) < 4.78 is 4.46. The van der Waals surface area contributed by atoms with Crippen LogP contribution in [0.15, 0.2) is 5.76 Å². The van der Waals surface area contributed by atoms with Crippen molar-refractivity contribution in [2.75, 3.05) is 6.73 Å². The summed E-state index contributed by atoms with van der Waals surface area (Å²) in [7, 11) is 0. The molecule has 0 fully saturated rings. The van der Waals surface area contributed by atoms with E-state index in [9.17, 15) is 4.79 Å². The average molecular weight is 101 g/mol. The first kappa shape index (κ1) is 6.21. The maximum atomic E-state index is 9.55. The van der Waals surface area contributed by atoms with E-state index in [-0.39, 0.29) is 12.5 Å². The minimum absolute atomic E-state index is 0.0427. The second-order valence-electron chi connectivity index (χ2n) is 0.969. The molecule has 2 N–H and O–H groups in total. The molecule has 0 saturated heterocycles. The molecule has 0 aromatic rings. The Labute approximate surface area is 41.8 Å². The molecular formula is C4H7NO2. The summed E-state index contributed by atoms with van der Waals surface area (Å²) in [4.78, 5) is 9.55. The van der Waals surface area contributed by atoms with Crippen molar-refractivity contribution >= 4 is 5.94 Å². The molecule has 0 unspecified atom stereocenters. The van der Waals surface area contributed by atoms with E-state index >= 15 is 0 Å². The second kappa shape index (κ2) is 3.40. The maximum absolute atomic E-state index is 9.55. The molecule has 0 radical (unpaired) electrons. The first-order chi connectivity index (χ1) is 3.31. The van der Waals surface area contributed by atoms with E-state index in [0.717, 1.165) is 0 Å². The average Bonchev–Trinajstić information content (AvgIpc) is 1.68. The third-order valence-electron chi connectivity index (χ3n) is 0.444. The van der Waals surface area contributed by atoms with Crippen LogP contribution in [0.3, 0.4) is 0 Å². The van der Waals surface area contributed by atoms with Gasteiger partial charge in [0.25, 0.3) is 0 Å². The molecule has 3 nitrogen and oxygen atoms in total. The first-order valence-corrected chi connectivity index (χ1v) is 1.86. The van der Waals surface area contributed by atoms with Gasteiger partial charge in [-0.15, -0.1) is 0 Å². The maximum Gasteiger partial charge on any atom is 0.178 e. The molecule has 0 amide bonds. The summed E-state index contributed by atoms with van der Waals surface area (Å²) in [5.41, 5.74) is 4.88. The van der Waals surface area contributed by atoms with E-state index in [1.165, 1.54) is 12.9 Å². The number of rotatable bonds is 2. The Hall–Kier alpha value is -0.790. The summed E-state index contributed by atoms with van der Waals surface area (Å²) in [6, 6.07) is 0. The van der Waals surface area contributed by atoms with E-state index < -0.39 is 0 Å². The number of nitrogens with two attached hydrogens (primary N) is 1. The van der Waals surface area contributed by atoms with Gasteiger partial charge in [0.1, 0.15) is 6.73 Å². The van der Waals surface area contributed by atoms with E-state index in [4.69, 9.17) is 5.73 Å². The minimum Gasteiger partial charge on any atom is -0.472 e. The van der Waals surface area contributed by atoms with Crippen molar-refractivity contribution in [3.05, 3.63) is 5.76 Å². The Balaban J connectivity index is 3.37. The number of ether oxygens (including phenoxy) is 1. The zero-order valence-corrected chi connectivity index (χ0v) is 4.10. The van der Waals surface area contributed by atoms with E-state index in [1.807, 2.05) is 0 Å². The fourth-order valence-electron chi connectivity index (χ4n) is 0.154. The van der Waals surface area contributed by atoms with Crippen molar-refractivity contribution in [1.29, 1.82) is 0 Å². The van der Waals surface area contributed by atoms with Crippen LogP contribution in [0.1, 0.15) is 6.92 Å². The molecule has 0 aliphatic heterocycles. The lowest BCUT2D eigenvalue weighted by atomic mass is 10.7. The summed E-state index contributed by atoms with van der Waals surface area (Å²) in [6.07, 6.45) is 0. The number of carbonyl (C=O) groups excluding carboxylic acids is 1. The van der Waals surface area contributed by atoms with Gasteiger partial charge in [-0.2, -0.15) is 0 Å².